The Labute approximate surface area is 197 Å². The molecule has 1 N–H and O–H groups in total. The third-order valence-electron chi connectivity index (χ3n) is 5.21. The van der Waals surface area contributed by atoms with Crippen LogP contribution in [0.5, 0.6) is 0 Å². The quantitative estimate of drug-likeness (QED) is 0.180. The van der Waals surface area contributed by atoms with Crippen molar-refractivity contribution in [2.75, 3.05) is 11.1 Å². The van der Waals surface area contributed by atoms with Gasteiger partial charge in [-0.1, -0.05) is 30.0 Å². The zero-order valence-corrected chi connectivity index (χ0v) is 19.8. The highest BCUT2D eigenvalue weighted by Gasteiger charge is 2.19. The van der Waals surface area contributed by atoms with Gasteiger partial charge in [-0.3, -0.25) is 24.3 Å². The zero-order valence-electron chi connectivity index (χ0n) is 18.1. The number of nitrogens with one attached hydrogen (secondary N) is 1. The molecule has 0 atom stereocenters. The van der Waals surface area contributed by atoms with Crippen LogP contribution >= 0.6 is 23.1 Å². The first-order valence-electron chi connectivity index (χ1n) is 10.0. The lowest BCUT2D eigenvalue weighted by molar-refractivity contribution is -0.384. The molecule has 0 fully saturated rings. The van der Waals surface area contributed by atoms with Crippen LogP contribution in [-0.2, 0) is 4.79 Å². The Morgan fingerprint density at radius 1 is 1.18 bits per heavy atom. The number of rotatable bonds is 6. The minimum absolute atomic E-state index is 0.0184. The Balaban J connectivity index is 1.64. The maximum Gasteiger partial charge on any atom is 0.269 e. The normalized spacial score (nSPS) is 11.0. The Kier molecular flexibility index (Phi) is 6.30. The number of nitrogens with zero attached hydrogens (tertiary/aromatic N) is 3. The number of non-ortho nitro benzene ring substituents is 1. The molecule has 0 radical (unpaired) electrons. The van der Waals surface area contributed by atoms with E-state index in [1.54, 1.807) is 6.92 Å². The summed E-state index contributed by atoms with van der Waals surface area (Å²) in [6.45, 7) is 5.57. The number of aryl methyl sites for hydroxylation is 3. The van der Waals surface area contributed by atoms with Gasteiger partial charge in [0.25, 0.3) is 11.2 Å². The van der Waals surface area contributed by atoms with Crippen LogP contribution in [0, 0.1) is 30.9 Å². The summed E-state index contributed by atoms with van der Waals surface area (Å²) in [5.74, 6) is -0.283. The van der Waals surface area contributed by atoms with E-state index in [0.717, 1.165) is 10.4 Å². The van der Waals surface area contributed by atoms with Gasteiger partial charge < -0.3 is 5.32 Å². The Hall–Kier alpha value is -3.50. The lowest BCUT2D eigenvalue weighted by Gasteiger charge is -2.13. The monoisotopic (exact) mass is 480 g/mol. The number of thiophene rings is 1. The molecular formula is C23H20N4O4S2. The molecule has 2 aromatic heterocycles. The highest BCUT2D eigenvalue weighted by molar-refractivity contribution is 7.99. The van der Waals surface area contributed by atoms with E-state index >= 15 is 0 Å². The highest BCUT2D eigenvalue weighted by Crippen LogP contribution is 2.30. The maximum atomic E-state index is 13.4. The van der Waals surface area contributed by atoms with Crippen molar-refractivity contribution < 1.29 is 9.72 Å². The van der Waals surface area contributed by atoms with Crippen molar-refractivity contribution in [3.05, 3.63) is 85.0 Å². The molecule has 0 bridgehead atoms. The van der Waals surface area contributed by atoms with Crippen molar-refractivity contribution in [2.24, 2.45) is 0 Å². The zero-order chi connectivity index (χ0) is 23.7. The van der Waals surface area contributed by atoms with E-state index < -0.39 is 4.92 Å². The number of para-hydroxylation sites is 1. The van der Waals surface area contributed by atoms with Crippen LogP contribution in [0.2, 0.25) is 0 Å². The fraction of sp³-hybridized carbons (Fsp3) is 0.174. The van der Waals surface area contributed by atoms with Crippen LogP contribution in [0.15, 0.2) is 58.5 Å². The summed E-state index contributed by atoms with van der Waals surface area (Å²) in [7, 11) is 0. The van der Waals surface area contributed by atoms with Crippen molar-refractivity contribution in [1.29, 1.82) is 0 Å². The van der Waals surface area contributed by atoms with Crippen molar-refractivity contribution in [1.82, 2.24) is 9.55 Å². The van der Waals surface area contributed by atoms with Crippen molar-refractivity contribution in [3.8, 4) is 5.69 Å². The number of anilines is 1. The summed E-state index contributed by atoms with van der Waals surface area (Å²) in [6.07, 6.45) is 0. The minimum atomic E-state index is -0.479. The van der Waals surface area contributed by atoms with Crippen LogP contribution in [0.25, 0.3) is 15.9 Å². The molecule has 10 heteroatoms. The topological polar surface area (TPSA) is 107 Å². The first-order chi connectivity index (χ1) is 15.8. The number of benzene rings is 2. The molecule has 0 unspecified atom stereocenters. The molecule has 0 aliphatic heterocycles. The number of thioether (sulfide) groups is 1. The van der Waals surface area contributed by atoms with Gasteiger partial charge in [0.1, 0.15) is 4.83 Å². The summed E-state index contributed by atoms with van der Waals surface area (Å²) in [4.78, 5) is 42.9. The van der Waals surface area contributed by atoms with Crippen molar-refractivity contribution in [3.63, 3.8) is 0 Å². The van der Waals surface area contributed by atoms with Gasteiger partial charge in [-0.2, -0.15) is 0 Å². The molecule has 0 aliphatic carbocycles. The van der Waals surface area contributed by atoms with Crippen molar-refractivity contribution in [2.45, 2.75) is 25.9 Å². The second-order valence-electron chi connectivity index (χ2n) is 7.43. The number of nitro groups is 1. The van der Waals surface area contributed by atoms with Crippen molar-refractivity contribution >= 4 is 50.6 Å². The smallest absolute Gasteiger partial charge is 0.269 e. The summed E-state index contributed by atoms with van der Waals surface area (Å²) in [5.41, 5.74) is 2.48. The fourth-order valence-electron chi connectivity index (χ4n) is 3.39. The molecule has 2 aromatic carbocycles. The Bertz CT molecular complexity index is 1440. The summed E-state index contributed by atoms with van der Waals surface area (Å²) in [5, 5.41) is 14.7. The SMILES string of the molecule is Cc1cc([N+](=O)[O-])ccc1NC(=O)CSc1nc2sc(C)c(C)c2c(=O)n1-c1ccccc1. The van der Waals surface area contributed by atoms with Gasteiger partial charge >= 0.3 is 0 Å². The van der Waals surface area contributed by atoms with Gasteiger partial charge in [0.15, 0.2) is 5.16 Å². The molecule has 4 rings (SSSR count). The van der Waals surface area contributed by atoms with Gasteiger partial charge in [0, 0.05) is 22.7 Å². The van der Waals surface area contributed by atoms with E-state index in [-0.39, 0.29) is 22.9 Å². The van der Waals surface area contributed by atoms with Crippen LogP contribution < -0.4 is 10.9 Å². The third kappa shape index (κ3) is 4.53. The number of hydrogen-bond donors (Lipinski definition) is 1. The van der Waals surface area contributed by atoms with E-state index in [4.69, 9.17) is 4.98 Å². The standard InChI is InChI=1S/C23H20N4O4S2/c1-13-11-17(27(30)31)9-10-18(13)24-19(28)12-32-23-25-21-20(14(2)15(3)33-21)22(29)26(23)16-7-5-4-6-8-16/h4-11H,12H2,1-3H3,(H,24,28). The van der Waals surface area contributed by atoms with Crippen LogP contribution in [0.4, 0.5) is 11.4 Å². The predicted molar refractivity (Wildman–Crippen MR) is 132 cm³/mol. The molecule has 168 valence electrons. The Morgan fingerprint density at radius 3 is 2.58 bits per heavy atom. The third-order valence-corrected chi connectivity index (χ3v) is 7.25. The van der Waals surface area contributed by atoms with Gasteiger partial charge in [0.05, 0.1) is 21.7 Å². The molecule has 1 amide bonds. The lowest BCUT2D eigenvalue weighted by Crippen LogP contribution is -2.22. The van der Waals surface area contributed by atoms with Crippen LogP contribution in [0.1, 0.15) is 16.0 Å². The molecule has 33 heavy (non-hydrogen) atoms. The molecule has 0 saturated carbocycles. The number of amides is 1. The number of carbonyl (C=O) groups is 1. The average molecular weight is 481 g/mol. The van der Waals surface area contributed by atoms with E-state index in [1.807, 2.05) is 44.2 Å². The average Bonchev–Trinajstić information content (AvgIpc) is 3.07. The van der Waals surface area contributed by atoms with Gasteiger partial charge in [-0.25, -0.2) is 4.98 Å². The van der Waals surface area contributed by atoms with Crippen LogP contribution in [0.3, 0.4) is 0 Å². The number of hydrogen-bond acceptors (Lipinski definition) is 7. The van der Waals surface area contributed by atoms with Crippen LogP contribution in [-0.4, -0.2) is 26.1 Å². The second kappa shape index (κ2) is 9.16. The van der Waals surface area contributed by atoms with Gasteiger partial charge in [-0.05, 0) is 50.1 Å². The maximum absolute atomic E-state index is 13.4. The fourth-order valence-corrected chi connectivity index (χ4v) is 5.28. The summed E-state index contributed by atoms with van der Waals surface area (Å²) >= 11 is 2.63. The first kappa shape index (κ1) is 22.7. The molecule has 8 nitrogen and oxygen atoms in total. The van der Waals surface area contributed by atoms with Gasteiger partial charge in [0.2, 0.25) is 5.91 Å². The van der Waals surface area contributed by atoms with Gasteiger partial charge in [-0.15, -0.1) is 11.3 Å². The summed E-state index contributed by atoms with van der Waals surface area (Å²) < 4.78 is 1.54. The molecule has 0 saturated heterocycles. The van der Waals surface area contributed by atoms with E-state index in [2.05, 4.69) is 5.32 Å². The molecule has 0 spiro atoms. The first-order valence-corrected chi connectivity index (χ1v) is 11.8. The van der Waals surface area contributed by atoms with E-state index in [1.165, 1.54) is 45.9 Å². The highest BCUT2D eigenvalue weighted by atomic mass is 32.2. The van der Waals surface area contributed by atoms with E-state index in [9.17, 15) is 19.7 Å². The molecular weight excluding hydrogens is 460 g/mol. The predicted octanol–water partition coefficient (Wildman–Crippen LogP) is 5.01. The number of nitro benzene ring substituents is 1. The number of fused-ring (bicyclic) bond motifs is 1. The minimum Gasteiger partial charge on any atom is -0.325 e. The number of carbonyl (C=O) groups excluding carboxylic acids is 1. The molecule has 0 aliphatic rings. The summed E-state index contributed by atoms with van der Waals surface area (Å²) in [6, 6.07) is 13.5. The lowest BCUT2D eigenvalue weighted by atomic mass is 10.2. The Morgan fingerprint density at radius 2 is 1.91 bits per heavy atom. The number of aromatic nitrogens is 2. The molecule has 4 aromatic rings. The second-order valence-corrected chi connectivity index (χ2v) is 9.57. The van der Waals surface area contributed by atoms with E-state index in [0.29, 0.717) is 32.3 Å². The largest absolute Gasteiger partial charge is 0.325 e. The molecule has 2 heterocycles.